The first-order chi connectivity index (χ1) is 7.25. The minimum absolute atomic E-state index is 0.169. The molecule has 0 aliphatic carbocycles. The van der Waals surface area contributed by atoms with Crippen molar-refractivity contribution >= 4 is 0 Å². The molecule has 1 heterocycles. The Morgan fingerprint density at radius 1 is 1.33 bits per heavy atom. The van der Waals surface area contributed by atoms with Crippen LogP contribution in [-0.4, -0.2) is 25.3 Å². The van der Waals surface area contributed by atoms with E-state index in [4.69, 9.17) is 9.47 Å². The van der Waals surface area contributed by atoms with Gasteiger partial charge in [0, 0.05) is 0 Å². The Labute approximate surface area is 90.4 Å². The number of ether oxygens (including phenoxy) is 2. The first-order valence-electron chi connectivity index (χ1n) is 5.47. The highest BCUT2D eigenvalue weighted by molar-refractivity contribution is 5.40. The van der Waals surface area contributed by atoms with E-state index < -0.39 is 0 Å². The second-order valence-electron chi connectivity index (χ2n) is 4.21. The average Bonchev–Trinajstić information content (AvgIpc) is 2.26. The lowest BCUT2D eigenvalue weighted by atomic mass is 10.2. The number of quaternary nitrogens is 1. The van der Waals surface area contributed by atoms with E-state index in [2.05, 4.69) is 19.2 Å². The maximum Gasteiger partial charge on any atom is 0.181 e. The van der Waals surface area contributed by atoms with Crippen LogP contribution in [0.15, 0.2) is 24.3 Å². The van der Waals surface area contributed by atoms with Crippen LogP contribution in [0.4, 0.5) is 0 Å². The molecular weight excluding hydrogens is 190 g/mol. The van der Waals surface area contributed by atoms with Gasteiger partial charge in [-0.2, -0.15) is 0 Å². The molecule has 2 N–H and O–H groups in total. The summed E-state index contributed by atoms with van der Waals surface area (Å²) < 4.78 is 11.4. The van der Waals surface area contributed by atoms with Crippen LogP contribution >= 0.6 is 0 Å². The molecule has 0 bridgehead atoms. The summed E-state index contributed by atoms with van der Waals surface area (Å²) in [4.78, 5) is 0. The monoisotopic (exact) mass is 208 g/mol. The van der Waals surface area contributed by atoms with Gasteiger partial charge in [0.25, 0.3) is 0 Å². The zero-order valence-corrected chi connectivity index (χ0v) is 9.27. The minimum atomic E-state index is 0.169. The zero-order valence-electron chi connectivity index (χ0n) is 9.27. The van der Waals surface area contributed by atoms with Gasteiger partial charge in [-0.25, -0.2) is 0 Å². The topological polar surface area (TPSA) is 35.1 Å². The number of fused-ring (bicyclic) bond motifs is 1. The first-order valence-corrected chi connectivity index (χ1v) is 5.47. The Kier molecular flexibility index (Phi) is 3.11. The van der Waals surface area contributed by atoms with Gasteiger partial charge in [0.05, 0.1) is 6.04 Å². The van der Waals surface area contributed by atoms with Crippen LogP contribution in [0.2, 0.25) is 0 Å². The standard InChI is InChI=1S/C12H17NO2/c1-9(2)13-7-10-8-14-11-5-3-4-6-12(11)15-10/h3-6,9-10,13H,7-8H2,1-2H3/p+1/t10-/m1/s1. The molecule has 0 aromatic heterocycles. The molecule has 3 nitrogen and oxygen atoms in total. The van der Waals surface area contributed by atoms with Gasteiger partial charge in [-0.15, -0.1) is 0 Å². The predicted octanol–water partition coefficient (Wildman–Crippen LogP) is 0.798. The van der Waals surface area contributed by atoms with Gasteiger partial charge in [-0.3, -0.25) is 0 Å². The number of hydrogen-bond acceptors (Lipinski definition) is 2. The van der Waals surface area contributed by atoms with Crippen molar-refractivity contribution in [1.29, 1.82) is 0 Å². The maximum absolute atomic E-state index is 5.83. The molecular formula is C12H18NO2+. The molecule has 1 aromatic carbocycles. The molecule has 0 radical (unpaired) electrons. The van der Waals surface area contributed by atoms with Crippen molar-refractivity contribution in [1.82, 2.24) is 0 Å². The van der Waals surface area contributed by atoms with E-state index in [-0.39, 0.29) is 6.10 Å². The maximum atomic E-state index is 5.83. The van der Waals surface area contributed by atoms with E-state index >= 15 is 0 Å². The smallest absolute Gasteiger partial charge is 0.181 e. The highest BCUT2D eigenvalue weighted by Crippen LogP contribution is 2.30. The van der Waals surface area contributed by atoms with Crippen molar-refractivity contribution in [2.24, 2.45) is 0 Å². The van der Waals surface area contributed by atoms with Gasteiger partial charge in [-0.05, 0) is 26.0 Å². The summed E-state index contributed by atoms with van der Waals surface area (Å²) in [6.45, 7) is 5.96. The molecule has 2 rings (SSSR count). The van der Waals surface area contributed by atoms with Crippen LogP contribution in [0, 0.1) is 0 Å². The van der Waals surface area contributed by atoms with Crippen LogP contribution in [0.5, 0.6) is 11.5 Å². The molecule has 0 fully saturated rings. The Morgan fingerprint density at radius 2 is 2.07 bits per heavy atom. The molecule has 0 saturated heterocycles. The Bertz CT molecular complexity index is 325. The fraction of sp³-hybridized carbons (Fsp3) is 0.500. The summed E-state index contributed by atoms with van der Waals surface area (Å²) in [5.41, 5.74) is 0. The van der Waals surface area contributed by atoms with Crippen molar-refractivity contribution in [2.75, 3.05) is 13.2 Å². The van der Waals surface area contributed by atoms with Gasteiger partial charge in [-0.1, -0.05) is 12.1 Å². The number of nitrogens with two attached hydrogens (primary N) is 1. The number of rotatable bonds is 3. The highest BCUT2D eigenvalue weighted by atomic mass is 16.6. The van der Waals surface area contributed by atoms with Crippen LogP contribution in [0.1, 0.15) is 13.8 Å². The largest absolute Gasteiger partial charge is 0.486 e. The number of hydrogen-bond donors (Lipinski definition) is 1. The van der Waals surface area contributed by atoms with Gasteiger partial charge >= 0.3 is 0 Å². The van der Waals surface area contributed by atoms with Gasteiger partial charge in [0.2, 0.25) is 0 Å². The summed E-state index contributed by atoms with van der Waals surface area (Å²) in [6.07, 6.45) is 0.169. The molecule has 0 unspecified atom stereocenters. The third-order valence-corrected chi connectivity index (χ3v) is 2.44. The van der Waals surface area contributed by atoms with Crippen molar-refractivity contribution in [3.63, 3.8) is 0 Å². The molecule has 1 atom stereocenters. The summed E-state index contributed by atoms with van der Waals surface area (Å²) in [6, 6.07) is 8.43. The van der Waals surface area contributed by atoms with Crippen molar-refractivity contribution in [3.8, 4) is 11.5 Å². The van der Waals surface area contributed by atoms with Gasteiger partial charge in [0.1, 0.15) is 13.2 Å². The summed E-state index contributed by atoms with van der Waals surface area (Å²) >= 11 is 0. The normalized spacial score (nSPS) is 19.3. The molecule has 1 aliphatic heterocycles. The predicted molar refractivity (Wildman–Crippen MR) is 58.3 cm³/mol. The summed E-state index contributed by atoms with van der Waals surface area (Å²) in [7, 11) is 0. The van der Waals surface area contributed by atoms with E-state index in [0.717, 1.165) is 18.0 Å². The lowest BCUT2D eigenvalue weighted by molar-refractivity contribution is -0.687. The molecule has 1 aliphatic rings. The Hall–Kier alpha value is -1.22. The number of benzene rings is 1. The van der Waals surface area contributed by atoms with Crippen LogP contribution in [0.25, 0.3) is 0 Å². The summed E-state index contributed by atoms with van der Waals surface area (Å²) in [5, 5.41) is 2.27. The molecule has 0 amide bonds. The van der Waals surface area contributed by atoms with Gasteiger partial charge in [0.15, 0.2) is 17.6 Å². The molecule has 0 spiro atoms. The van der Waals surface area contributed by atoms with Crippen molar-refractivity contribution < 1.29 is 14.8 Å². The molecule has 82 valence electrons. The van der Waals surface area contributed by atoms with Crippen LogP contribution < -0.4 is 14.8 Å². The fourth-order valence-corrected chi connectivity index (χ4v) is 1.60. The Balaban J connectivity index is 1.94. The van der Waals surface area contributed by atoms with Crippen LogP contribution in [-0.2, 0) is 0 Å². The molecule has 3 heteroatoms. The SMILES string of the molecule is CC(C)[NH2+]C[C@@H]1COc2ccccc2O1. The quantitative estimate of drug-likeness (QED) is 0.797. The van der Waals surface area contributed by atoms with Crippen molar-refractivity contribution in [3.05, 3.63) is 24.3 Å². The van der Waals surface area contributed by atoms with E-state index in [9.17, 15) is 0 Å². The molecule has 1 aromatic rings. The zero-order chi connectivity index (χ0) is 10.7. The number of para-hydroxylation sites is 2. The van der Waals surface area contributed by atoms with E-state index in [1.54, 1.807) is 0 Å². The average molecular weight is 208 g/mol. The molecule has 0 saturated carbocycles. The second-order valence-corrected chi connectivity index (χ2v) is 4.21. The van der Waals surface area contributed by atoms with E-state index in [0.29, 0.717) is 12.6 Å². The third kappa shape index (κ3) is 2.63. The van der Waals surface area contributed by atoms with E-state index in [1.807, 2.05) is 24.3 Å². The molecule has 15 heavy (non-hydrogen) atoms. The van der Waals surface area contributed by atoms with Gasteiger partial charge < -0.3 is 14.8 Å². The second kappa shape index (κ2) is 4.53. The highest BCUT2D eigenvalue weighted by Gasteiger charge is 2.21. The third-order valence-electron chi connectivity index (χ3n) is 2.44. The van der Waals surface area contributed by atoms with Crippen molar-refractivity contribution in [2.45, 2.75) is 26.0 Å². The lowest BCUT2D eigenvalue weighted by Gasteiger charge is -2.25. The van der Waals surface area contributed by atoms with Crippen LogP contribution in [0.3, 0.4) is 0 Å². The fourth-order valence-electron chi connectivity index (χ4n) is 1.60. The van der Waals surface area contributed by atoms with E-state index in [1.165, 1.54) is 0 Å². The lowest BCUT2D eigenvalue weighted by Crippen LogP contribution is -2.91. The summed E-state index contributed by atoms with van der Waals surface area (Å²) in [5.74, 6) is 1.73. The first kappa shape index (κ1) is 10.3. The Morgan fingerprint density at radius 3 is 2.80 bits per heavy atom. The minimum Gasteiger partial charge on any atom is -0.486 e.